The zero-order valence-electron chi connectivity index (χ0n) is 15.3. The maximum atomic E-state index is 2.85. The summed E-state index contributed by atoms with van der Waals surface area (Å²) in [6.07, 6.45) is 26.8. The lowest BCUT2D eigenvalue weighted by molar-refractivity contribution is -0.309. The summed E-state index contributed by atoms with van der Waals surface area (Å²) in [6, 6.07) is 0. The van der Waals surface area contributed by atoms with Crippen molar-refractivity contribution in [2.24, 2.45) is 38.4 Å². The normalized spacial score (nSPS) is 69.7. The highest BCUT2D eigenvalue weighted by atomic mass is 15.2. The lowest BCUT2D eigenvalue weighted by atomic mass is 9.25. The molecule has 6 spiro atoms. The molecule has 2 unspecified atom stereocenters. The van der Waals surface area contributed by atoms with Gasteiger partial charge in [-0.15, -0.1) is 0 Å². The summed E-state index contributed by atoms with van der Waals surface area (Å²) in [4.78, 5) is 0. The van der Waals surface area contributed by atoms with Crippen molar-refractivity contribution < 1.29 is 0 Å². The van der Waals surface area contributed by atoms with Gasteiger partial charge in [0.2, 0.25) is 0 Å². The first-order chi connectivity index (χ1) is 11.8. The molecule has 7 saturated carbocycles. The lowest BCUT2D eigenvalue weighted by Crippen LogP contribution is -2.73. The molecule has 0 bridgehead atoms. The van der Waals surface area contributed by atoms with Gasteiger partial charge in [-0.1, -0.05) is 50.2 Å². The van der Waals surface area contributed by atoms with Crippen LogP contribution in [-0.4, -0.2) is 0 Å². The van der Waals surface area contributed by atoms with Gasteiger partial charge in [0.05, 0.1) is 0 Å². The van der Waals surface area contributed by atoms with Crippen molar-refractivity contribution in [3.63, 3.8) is 0 Å². The number of hydrogen-bond acceptors (Lipinski definition) is 0. The Hall–Kier alpha value is -0.260. The van der Waals surface area contributed by atoms with E-state index >= 15 is 0 Å². The number of fused-ring (bicyclic) bond motifs is 1. The van der Waals surface area contributed by atoms with Gasteiger partial charge in [0.15, 0.2) is 0 Å². The Kier molecular flexibility index (Phi) is 1.75. The van der Waals surface area contributed by atoms with Crippen LogP contribution in [0.4, 0.5) is 0 Å². The van der Waals surface area contributed by atoms with E-state index in [2.05, 4.69) is 11.6 Å². The molecule has 0 heterocycles. The summed E-state index contributed by atoms with van der Waals surface area (Å²) >= 11 is 0. The van der Waals surface area contributed by atoms with Crippen molar-refractivity contribution in [1.82, 2.24) is 0 Å². The van der Waals surface area contributed by atoms with Gasteiger partial charge in [0.1, 0.15) is 0 Å². The van der Waals surface area contributed by atoms with Crippen molar-refractivity contribution in [2.75, 3.05) is 0 Å². The van der Waals surface area contributed by atoms with Gasteiger partial charge in [-0.25, -0.2) is 0 Å². The fourth-order valence-electron chi connectivity index (χ4n) is 13.8. The van der Waals surface area contributed by atoms with Crippen LogP contribution in [-0.2, 0) is 0 Å². The van der Waals surface area contributed by atoms with Gasteiger partial charge in [0, 0.05) is 5.41 Å². The first kappa shape index (κ1) is 13.0. The lowest BCUT2D eigenvalue weighted by Gasteiger charge is -2.78. The van der Waals surface area contributed by atoms with Gasteiger partial charge >= 0.3 is 0 Å². The third-order valence-electron chi connectivity index (χ3n) is 12.4. The summed E-state index contributed by atoms with van der Waals surface area (Å²) in [5, 5.41) is 0. The highest BCUT2D eigenvalue weighted by Crippen LogP contribution is 3.25. The molecule has 0 aromatic carbocycles. The fourth-order valence-corrected chi connectivity index (χ4v) is 13.8. The second-order valence-corrected chi connectivity index (χ2v) is 11.3. The first-order valence-corrected chi connectivity index (χ1v) is 11.6. The summed E-state index contributed by atoms with van der Waals surface area (Å²) in [5.41, 5.74) is 7.17. The van der Waals surface area contributed by atoms with Crippen LogP contribution in [0.5, 0.6) is 0 Å². The maximum absolute atomic E-state index is 2.85. The quantitative estimate of drug-likeness (QED) is 0.452. The molecule has 0 N–H and O–H groups in total. The molecule has 0 saturated heterocycles. The van der Waals surface area contributed by atoms with Crippen molar-refractivity contribution >= 4 is 0 Å². The van der Waals surface area contributed by atoms with E-state index in [0.29, 0.717) is 0 Å². The monoisotopic (exact) mass is 320 g/mol. The molecular weight excluding hydrogens is 288 g/mol. The smallest absolute Gasteiger partial charge is 0.00506 e. The van der Waals surface area contributed by atoms with E-state index in [1.807, 2.05) is 0 Å². The van der Waals surface area contributed by atoms with Crippen molar-refractivity contribution in [2.45, 2.75) is 96.3 Å². The van der Waals surface area contributed by atoms with Gasteiger partial charge in [-0.05, 0) is 90.8 Å². The summed E-state index contributed by atoms with van der Waals surface area (Å²) in [7, 11) is 0. The van der Waals surface area contributed by atoms with E-state index < -0.39 is 0 Å². The molecule has 0 heteroatoms. The Bertz CT molecular complexity index is 728. The van der Waals surface area contributed by atoms with E-state index in [-0.39, 0.29) is 0 Å². The molecule has 8 aliphatic carbocycles. The molecule has 7 atom stereocenters. The zero-order chi connectivity index (χ0) is 15.5. The average molecular weight is 321 g/mol. The van der Waals surface area contributed by atoms with Crippen LogP contribution in [0.2, 0.25) is 0 Å². The maximum Gasteiger partial charge on any atom is 0.00506 e. The fraction of sp³-hybridized carbons (Fsp3) is 0.917. The van der Waals surface area contributed by atoms with Crippen molar-refractivity contribution in [1.29, 1.82) is 0 Å². The van der Waals surface area contributed by atoms with Gasteiger partial charge < -0.3 is 0 Å². The van der Waals surface area contributed by atoms with Crippen LogP contribution in [0.1, 0.15) is 96.3 Å². The third kappa shape index (κ3) is 0.652. The van der Waals surface area contributed by atoms with Crippen LogP contribution in [0.15, 0.2) is 11.6 Å². The molecule has 0 radical (unpaired) electrons. The van der Waals surface area contributed by atoms with Crippen LogP contribution < -0.4 is 0 Å². The molecule has 24 heavy (non-hydrogen) atoms. The molecule has 0 aliphatic heterocycles. The van der Waals surface area contributed by atoms with Crippen LogP contribution in [0, 0.1) is 38.4 Å². The minimum absolute atomic E-state index is 0.758. The Morgan fingerprint density at radius 3 is 2.17 bits per heavy atom. The van der Waals surface area contributed by atoms with Crippen LogP contribution in [0.3, 0.4) is 0 Å². The van der Waals surface area contributed by atoms with Gasteiger partial charge in [-0.2, -0.15) is 0 Å². The minimum atomic E-state index is 0.758. The Balaban J connectivity index is 1.52. The number of rotatable bonds is 0. The minimum Gasteiger partial charge on any atom is -0.0844 e. The van der Waals surface area contributed by atoms with E-state index in [1.54, 1.807) is 83.5 Å². The largest absolute Gasteiger partial charge is 0.0844 e. The van der Waals surface area contributed by atoms with Crippen LogP contribution >= 0.6 is 0 Å². The standard InChI is InChI=1S/C24H32/c1-2-10-18-17(9-1)19-11-3-5-14-22(19)23-15-6-4-12-20(18,23)21(19)13-7-8-16-24(21,22)23/h9,18H,1-8,10-16H2/t18-,19+,20-,21?,22+,23+,24?/m1/s1. The van der Waals surface area contributed by atoms with E-state index in [0.717, 1.165) is 38.4 Å². The summed E-state index contributed by atoms with van der Waals surface area (Å²) < 4.78 is 0. The highest BCUT2D eigenvalue weighted by Gasteiger charge is 3.22. The molecular formula is C24H32. The Morgan fingerprint density at radius 1 is 0.625 bits per heavy atom. The molecule has 0 amide bonds. The molecule has 8 rings (SSSR count). The second-order valence-electron chi connectivity index (χ2n) is 11.3. The Labute approximate surface area is 146 Å². The molecule has 8 aliphatic rings. The SMILES string of the molecule is C1=C2[C@@H](CCC1)[C@@]13CCCC[C@]14C15CCCCC13[C@]21CCCC[C@@]541. The molecule has 128 valence electrons. The molecule has 0 nitrogen and oxygen atoms in total. The first-order valence-electron chi connectivity index (χ1n) is 11.6. The predicted octanol–water partition coefficient (Wildman–Crippen LogP) is 6.41. The zero-order valence-corrected chi connectivity index (χ0v) is 15.3. The van der Waals surface area contributed by atoms with Gasteiger partial charge in [-0.3, -0.25) is 0 Å². The number of allylic oxidation sites excluding steroid dienone is 2. The number of hydrogen-bond donors (Lipinski definition) is 0. The molecule has 0 aromatic rings. The van der Waals surface area contributed by atoms with Crippen molar-refractivity contribution in [3.8, 4) is 0 Å². The summed E-state index contributed by atoms with van der Waals surface area (Å²) in [5.74, 6) is 1.06. The highest BCUT2D eigenvalue weighted by molar-refractivity contribution is 5.73. The second kappa shape index (κ2) is 3.22. The average Bonchev–Trinajstić information content (AvgIpc) is 2.84. The predicted molar refractivity (Wildman–Crippen MR) is 95.4 cm³/mol. The molecule has 0 aromatic heterocycles. The van der Waals surface area contributed by atoms with Gasteiger partial charge in [0.25, 0.3) is 0 Å². The summed E-state index contributed by atoms with van der Waals surface area (Å²) in [6.45, 7) is 0. The third-order valence-corrected chi connectivity index (χ3v) is 12.4. The Morgan fingerprint density at radius 2 is 1.29 bits per heavy atom. The van der Waals surface area contributed by atoms with E-state index in [4.69, 9.17) is 0 Å². The topological polar surface area (TPSA) is 0 Å². The molecule has 7 fully saturated rings. The van der Waals surface area contributed by atoms with Crippen LogP contribution in [0.25, 0.3) is 0 Å². The van der Waals surface area contributed by atoms with Crippen molar-refractivity contribution in [3.05, 3.63) is 11.6 Å². The van der Waals surface area contributed by atoms with E-state index in [1.165, 1.54) is 12.8 Å². The van der Waals surface area contributed by atoms with E-state index in [9.17, 15) is 0 Å².